The van der Waals surface area contributed by atoms with E-state index in [2.05, 4.69) is 0 Å². The predicted molar refractivity (Wildman–Crippen MR) is 33.9 cm³/mol. The summed E-state index contributed by atoms with van der Waals surface area (Å²) < 4.78 is 0. The summed E-state index contributed by atoms with van der Waals surface area (Å²) in [4.78, 5) is 0. The van der Waals surface area contributed by atoms with E-state index in [9.17, 15) is 0 Å². The van der Waals surface area contributed by atoms with Crippen LogP contribution in [0.5, 0.6) is 0 Å². The van der Waals surface area contributed by atoms with Crippen LogP contribution < -0.4 is 11.5 Å². The van der Waals surface area contributed by atoms with E-state index in [-0.39, 0.29) is 26.5 Å². The smallest absolute Gasteiger partial charge is 0 e. The quantitative estimate of drug-likeness (QED) is 0.457. The Morgan fingerprint density at radius 2 is 2.00 bits per heavy atom. The van der Waals surface area contributed by atoms with Gasteiger partial charge in [-0.15, -0.1) is 6.04 Å². The van der Waals surface area contributed by atoms with Gasteiger partial charge in [0.05, 0.1) is 0 Å². The van der Waals surface area contributed by atoms with Crippen LogP contribution in [-0.2, 0) is 20.4 Å². The fourth-order valence-electron chi connectivity index (χ4n) is 1.06. The Bertz CT molecular complexity index is 67.5. The zero-order valence-corrected chi connectivity index (χ0v) is 6.93. The number of rotatable bonds is 0. The van der Waals surface area contributed by atoms with Crippen LogP contribution in [0.2, 0.25) is 0 Å². The van der Waals surface area contributed by atoms with E-state index in [4.69, 9.17) is 11.5 Å². The molecule has 3 heteroatoms. The molecule has 58 valence electrons. The first-order chi connectivity index (χ1) is 3.80. The molecule has 1 fully saturated rings. The molecule has 0 spiro atoms. The average Bonchev–Trinajstić information content (AvgIpc) is 1.77. The van der Waals surface area contributed by atoms with Gasteiger partial charge in [0.1, 0.15) is 0 Å². The number of hydrogen-bond acceptors (Lipinski definition) is 2. The molecule has 1 atom stereocenters. The molecule has 0 aromatic heterocycles. The molecule has 0 saturated heterocycles. The van der Waals surface area contributed by atoms with Crippen LogP contribution in [0.4, 0.5) is 0 Å². The summed E-state index contributed by atoms with van der Waals surface area (Å²) in [5, 5.41) is 0. The van der Waals surface area contributed by atoms with Gasteiger partial charge in [0, 0.05) is 20.4 Å². The van der Waals surface area contributed by atoms with Crippen molar-refractivity contribution in [3.8, 4) is 0 Å². The zero-order valence-electron chi connectivity index (χ0n) is 5.38. The predicted octanol–water partition coefficient (Wildman–Crippen LogP) is 0.376. The zero-order chi connectivity index (χ0) is 5.98. The molecule has 4 N–H and O–H groups in total. The maximum atomic E-state index is 5.62. The Labute approximate surface area is 70.0 Å². The summed E-state index contributed by atoms with van der Waals surface area (Å²) in [6.07, 6.45) is 4.62. The van der Waals surface area contributed by atoms with Gasteiger partial charge in [0.15, 0.2) is 0 Å². The minimum atomic E-state index is 0. The summed E-state index contributed by atoms with van der Waals surface area (Å²) in [5.41, 5.74) is 11.2. The Morgan fingerprint density at radius 1 is 1.33 bits per heavy atom. The van der Waals surface area contributed by atoms with E-state index in [0.717, 1.165) is 18.9 Å². The monoisotopic (exact) mass is 219 g/mol. The van der Waals surface area contributed by atoms with Crippen LogP contribution in [-0.4, -0.2) is 6.04 Å². The Balaban J connectivity index is 0.000000640. The molecule has 1 unspecified atom stereocenters. The van der Waals surface area contributed by atoms with Gasteiger partial charge in [-0.25, -0.2) is 6.04 Å². The standard InChI is InChI=1S/C6H13N2.Pd/c7-5-3-1-2-4-6(5)8;/h5H,1-4,7-8H2;/q-1;. The Morgan fingerprint density at radius 3 is 2.33 bits per heavy atom. The van der Waals surface area contributed by atoms with E-state index in [1.807, 2.05) is 0 Å². The fourth-order valence-corrected chi connectivity index (χ4v) is 1.06. The van der Waals surface area contributed by atoms with Crippen LogP contribution in [0.25, 0.3) is 0 Å². The molecule has 9 heavy (non-hydrogen) atoms. The second kappa shape index (κ2) is 4.41. The molecule has 0 aromatic rings. The molecule has 0 bridgehead atoms. The summed E-state index contributed by atoms with van der Waals surface area (Å²) in [6.45, 7) is 0. The van der Waals surface area contributed by atoms with Crippen molar-refractivity contribution in [3.05, 3.63) is 6.04 Å². The van der Waals surface area contributed by atoms with Gasteiger partial charge in [-0.3, -0.25) is 0 Å². The third-order valence-corrected chi connectivity index (χ3v) is 1.71. The van der Waals surface area contributed by atoms with Crippen LogP contribution in [0, 0.1) is 6.04 Å². The molecule has 0 aliphatic heterocycles. The molecule has 1 saturated carbocycles. The fraction of sp³-hybridized carbons (Fsp3) is 0.833. The van der Waals surface area contributed by atoms with Crippen molar-refractivity contribution in [1.82, 2.24) is 0 Å². The molecule has 1 rings (SSSR count). The van der Waals surface area contributed by atoms with E-state index >= 15 is 0 Å². The molecule has 0 heterocycles. The topological polar surface area (TPSA) is 52.0 Å². The SMILES string of the molecule is N[C-]1CCCCC1N.[Pd]. The molecule has 0 amide bonds. The molecule has 0 radical (unpaired) electrons. The van der Waals surface area contributed by atoms with Crippen LogP contribution in [0.15, 0.2) is 0 Å². The third kappa shape index (κ3) is 2.77. The average molecular weight is 220 g/mol. The van der Waals surface area contributed by atoms with Gasteiger partial charge in [-0.05, 0) is 0 Å². The normalized spacial score (nSPS) is 29.3. The van der Waals surface area contributed by atoms with Crippen molar-refractivity contribution in [1.29, 1.82) is 0 Å². The minimum absolute atomic E-state index is 0. The van der Waals surface area contributed by atoms with E-state index in [0.29, 0.717) is 0 Å². The maximum Gasteiger partial charge on any atom is 0 e. The molecule has 0 aromatic carbocycles. The Kier molecular flexibility index (Phi) is 4.69. The van der Waals surface area contributed by atoms with E-state index in [1.54, 1.807) is 0 Å². The molecule has 2 nitrogen and oxygen atoms in total. The summed E-state index contributed by atoms with van der Waals surface area (Å²) in [6, 6.07) is 1.19. The van der Waals surface area contributed by atoms with Crippen molar-refractivity contribution in [2.45, 2.75) is 31.7 Å². The minimum Gasteiger partial charge on any atom is -0.479 e. The molecular weight excluding hydrogens is 206 g/mol. The summed E-state index contributed by atoms with van der Waals surface area (Å²) in [7, 11) is 0. The first-order valence-electron chi connectivity index (χ1n) is 3.17. The first-order valence-corrected chi connectivity index (χ1v) is 3.17. The van der Waals surface area contributed by atoms with Crippen LogP contribution >= 0.6 is 0 Å². The number of nitrogens with two attached hydrogens (primary N) is 2. The summed E-state index contributed by atoms with van der Waals surface area (Å²) in [5.74, 6) is 0. The largest absolute Gasteiger partial charge is 0.479 e. The number of hydrogen-bond donors (Lipinski definition) is 2. The van der Waals surface area contributed by atoms with Crippen LogP contribution in [0.1, 0.15) is 25.7 Å². The summed E-state index contributed by atoms with van der Waals surface area (Å²) >= 11 is 0. The van der Waals surface area contributed by atoms with Gasteiger partial charge in [0.2, 0.25) is 0 Å². The van der Waals surface area contributed by atoms with Gasteiger partial charge in [-0.2, -0.15) is 6.42 Å². The van der Waals surface area contributed by atoms with Gasteiger partial charge >= 0.3 is 0 Å². The van der Waals surface area contributed by atoms with Crippen molar-refractivity contribution in [3.63, 3.8) is 0 Å². The molecular formula is C6H13N2Pd-. The van der Waals surface area contributed by atoms with E-state index in [1.165, 1.54) is 12.8 Å². The van der Waals surface area contributed by atoms with Crippen molar-refractivity contribution in [2.75, 3.05) is 0 Å². The van der Waals surface area contributed by atoms with Gasteiger partial charge in [-0.1, -0.05) is 19.3 Å². The third-order valence-electron chi connectivity index (χ3n) is 1.71. The van der Waals surface area contributed by atoms with E-state index < -0.39 is 0 Å². The van der Waals surface area contributed by atoms with Gasteiger partial charge < -0.3 is 11.5 Å². The Hall–Kier alpha value is 0.582. The second-order valence-corrected chi connectivity index (χ2v) is 2.43. The van der Waals surface area contributed by atoms with Crippen molar-refractivity contribution >= 4 is 0 Å². The van der Waals surface area contributed by atoms with Gasteiger partial charge in [0.25, 0.3) is 0 Å². The maximum absolute atomic E-state index is 5.62. The first kappa shape index (κ1) is 9.58. The second-order valence-electron chi connectivity index (χ2n) is 2.43. The molecule has 1 aliphatic carbocycles. The molecule has 1 aliphatic rings. The van der Waals surface area contributed by atoms with Crippen molar-refractivity contribution in [2.24, 2.45) is 11.5 Å². The van der Waals surface area contributed by atoms with Crippen LogP contribution in [0.3, 0.4) is 0 Å². The van der Waals surface area contributed by atoms with Crippen molar-refractivity contribution < 1.29 is 20.4 Å².